The number of nitrogens with zero attached hydrogens (tertiary/aromatic N) is 4. The molecule has 0 aliphatic rings. The minimum Gasteiger partial charge on any atom is -0.481 e. The zero-order chi connectivity index (χ0) is 12.3. The van der Waals surface area contributed by atoms with Crippen LogP contribution in [-0.4, -0.2) is 31.1 Å². The highest BCUT2D eigenvalue weighted by atomic mass is 79.9. The molecule has 0 unspecified atom stereocenters. The number of carboxylic acids is 1. The number of carbonyl (C=O) groups is 1. The van der Waals surface area contributed by atoms with Crippen LogP contribution in [0.3, 0.4) is 0 Å². The van der Waals surface area contributed by atoms with Gasteiger partial charge in [0.15, 0.2) is 0 Å². The van der Waals surface area contributed by atoms with Gasteiger partial charge >= 0.3 is 5.97 Å². The van der Waals surface area contributed by atoms with E-state index in [1.54, 1.807) is 12.4 Å². The molecule has 0 aliphatic carbocycles. The Kier molecular flexibility index (Phi) is 3.48. The molecule has 0 spiro atoms. The van der Waals surface area contributed by atoms with Crippen LogP contribution in [0.4, 0.5) is 0 Å². The lowest BCUT2D eigenvalue weighted by molar-refractivity contribution is -0.137. The molecule has 0 bridgehead atoms. The second-order valence-corrected chi connectivity index (χ2v) is 4.29. The third kappa shape index (κ3) is 3.10. The van der Waals surface area contributed by atoms with Crippen LogP contribution in [-0.2, 0) is 11.3 Å². The summed E-state index contributed by atoms with van der Waals surface area (Å²) in [5.74, 6) is -0.858. The summed E-state index contributed by atoms with van der Waals surface area (Å²) in [5.41, 5.74) is 1.33. The molecule has 0 aliphatic heterocycles. The summed E-state index contributed by atoms with van der Waals surface area (Å²) in [6, 6.07) is 3.67. The molecule has 88 valence electrons. The summed E-state index contributed by atoms with van der Waals surface area (Å²) < 4.78 is 2.38. The number of aromatic nitrogens is 4. The summed E-state index contributed by atoms with van der Waals surface area (Å²) in [6.07, 6.45) is 3.38. The zero-order valence-corrected chi connectivity index (χ0v) is 10.3. The number of pyridine rings is 1. The van der Waals surface area contributed by atoms with Crippen molar-refractivity contribution in [2.45, 2.75) is 13.0 Å². The summed E-state index contributed by atoms with van der Waals surface area (Å²) in [4.78, 5) is 14.6. The van der Waals surface area contributed by atoms with Gasteiger partial charge < -0.3 is 5.11 Å². The second-order valence-electron chi connectivity index (χ2n) is 3.37. The Hall–Kier alpha value is -1.76. The number of hydrogen-bond donors (Lipinski definition) is 1. The van der Waals surface area contributed by atoms with E-state index in [9.17, 15) is 4.79 Å². The number of carboxylic acid groups (broad SMARTS) is 1. The normalized spacial score (nSPS) is 10.4. The highest BCUT2D eigenvalue weighted by molar-refractivity contribution is 9.10. The van der Waals surface area contributed by atoms with Crippen molar-refractivity contribution in [3.63, 3.8) is 0 Å². The van der Waals surface area contributed by atoms with Gasteiger partial charge in [-0.3, -0.25) is 14.5 Å². The van der Waals surface area contributed by atoms with E-state index < -0.39 is 5.97 Å². The molecule has 0 aromatic carbocycles. The molecule has 2 heterocycles. The lowest BCUT2D eigenvalue weighted by atomic mass is 10.3. The minimum absolute atomic E-state index is 0.0244. The maximum absolute atomic E-state index is 10.4. The molecule has 7 heteroatoms. The van der Waals surface area contributed by atoms with Crippen LogP contribution in [0.5, 0.6) is 0 Å². The third-order valence-corrected chi connectivity index (χ3v) is 2.55. The van der Waals surface area contributed by atoms with Gasteiger partial charge in [0.2, 0.25) is 0 Å². The van der Waals surface area contributed by atoms with Gasteiger partial charge in [-0.2, -0.15) is 0 Å². The predicted molar refractivity (Wildman–Crippen MR) is 63.2 cm³/mol. The van der Waals surface area contributed by atoms with Crippen LogP contribution in [0, 0.1) is 0 Å². The lowest BCUT2D eigenvalue weighted by Crippen LogP contribution is -2.04. The molecule has 0 atom stereocenters. The van der Waals surface area contributed by atoms with E-state index in [1.807, 2.05) is 12.1 Å². The third-order valence-electron chi connectivity index (χ3n) is 2.08. The van der Waals surface area contributed by atoms with Crippen LogP contribution < -0.4 is 0 Å². The topological polar surface area (TPSA) is 80.9 Å². The molecule has 2 aromatic rings. The number of aliphatic carboxylic acids is 1. The van der Waals surface area contributed by atoms with Gasteiger partial charge in [0.1, 0.15) is 5.69 Å². The summed E-state index contributed by atoms with van der Waals surface area (Å²) >= 11 is 3.29. The summed E-state index contributed by atoms with van der Waals surface area (Å²) in [5, 5.41) is 16.3. The van der Waals surface area contributed by atoms with Crippen molar-refractivity contribution in [1.82, 2.24) is 20.0 Å². The smallest absolute Gasteiger partial charge is 0.305 e. The van der Waals surface area contributed by atoms with E-state index in [4.69, 9.17) is 5.11 Å². The van der Waals surface area contributed by atoms with Crippen molar-refractivity contribution in [1.29, 1.82) is 0 Å². The van der Waals surface area contributed by atoms with Gasteiger partial charge in [0.05, 0.1) is 24.9 Å². The molecule has 2 rings (SSSR count). The molecule has 0 fully saturated rings. The SMILES string of the molecule is O=C(O)CCn1cc(-c2ccc(Br)cn2)nn1. The van der Waals surface area contributed by atoms with E-state index in [0.29, 0.717) is 17.9 Å². The Balaban J connectivity index is 2.12. The molecule has 2 aromatic heterocycles. The van der Waals surface area contributed by atoms with Crippen molar-refractivity contribution in [2.75, 3.05) is 0 Å². The van der Waals surface area contributed by atoms with E-state index in [1.165, 1.54) is 4.68 Å². The molecule has 0 saturated heterocycles. The van der Waals surface area contributed by atoms with Crippen molar-refractivity contribution in [3.8, 4) is 11.4 Å². The fourth-order valence-electron chi connectivity index (χ4n) is 1.26. The molecule has 0 saturated carbocycles. The molecule has 17 heavy (non-hydrogen) atoms. The largest absolute Gasteiger partial charge is 0.481 e. The van der Waals surface area contributed by atoms with Crippen LogP contribution in [0.25, 0.3) is 11.4 Å². The summed E-state index contributed by atoms with van der Waals surface area (Å²) in [7, 11) is 0. The first-order chi connectivity index (χ1) is 8.15. The molecule has 0 radical (unpaired) electrons. The standard InChI is InChI=1S/C10H9BrN4O2/c11-7-1-2-8(12-5-7)9-6-15(14-13-9)4-3-10(16)17/h1-2,5-6H,3-4H2,(H,16,17). The highest BCUT2D eigenvalue weighted by Gasteiger charge is 2.06. The number of rotatable bonds is 4. The van der Waals surface area contributed by atoms with Crippen LogP contribution in [0.1, 0.15) is 6.42 Å². The first-order valence-corrected chi connectivity index (χ1v) is 5.68. The van der Waals surface area contributed by atoms with E-state index >= 15 is 0 Å². The van der Waals surface area contributed by atoms with Gasteiger partial charge in [0, 0.05) is 10.7 Å². The quantitative estimate of drug-likeness (QED) is 0.926. The lowest BCUT2D eigenvalue weighted by Gasteiger charge is -1.95. The second kappa shape index (κ2) is 5.05. The van der Waals surface area contributed by atoms with Gasteiger partial charge in [-0.25, -0.2) is 0 Å². The molecule has 6 nitrogen and oxygen atoms in total. The molecular weight excluding hydrogens is 288 g/mol. The first kappa shape index (κ1) is 11.7. The van der Waals surface area contributed by atoms with Gasteiger partial charge in [-0.05, 0) is 28.1 Å². The number of aryl methyl sites for hydroxylation is 1. The first-order valence-electron chi connectivity index (χ1n) is 4.89. The van der Waals surface area contributed by atoms with Crippen molar-refractivity contribution >= 4 is 21.9 Å². The van der Waals surface area contributed by atoms with E-state index in [2.05, 4.69) is 31.2 Å². The van der Waals surface area contributed by atoms with Crippen LogP contribution in [0.2, 0.25) is 0 Å². The van der Waals surface area contributed by atoms with Crippen molar-refractivity contribution in [2.24, 2.45) is 0 Å². The van der Waals surface area contributed by atoms with Gasteiger partial charge in [-0.1, -0.05) is 5.21 Å². The molecular formula is C10H9BrN4O2. The maximum atomic E-state index is 10.4. The minimum atomic E-state index is -0.858. The average Bonchev–Trinajstić information content (AvgIpc) is 2.76. The Labute approximate surface area is 105 Å². The monoisotopic (exact) mass is 296 g/mol. The fraction of sp³-hybridized carbons (Fsp3) is 0.200. The highest BCUT2D eigenvalue weighted by Crippen LogP contribution is 2.15. The number of halogens is 1. The number of hydrogen-bond acceptors (Lipinski definition) is 4. The van der Waals surface area contributed by atoms with Gasteiger partial charge in [-0.15, -0.1) is 5.10 Å². The predicted octanol–water partition coefficient (Wildman–Crippen LogP) is 1.58. The Morgan fingerprint density at radius 3 is 2.88 bits per heavy atom. The Morgan fingerprint density at radius 2 is 2.24 bits per heavy atom. The van der Waals surface area contributed by atoms with Crippen LogP contribution in [0.15, 0.2) is 29.0 Å². The van der Waals surface area contributed by atoms with E-state index in [-0.39, 0.29) is 6.42 Å². The van der Waals surface area contributed by atoms with Crippen molar-refractivity contribution in [3.05, 3.63) is 29.0 Å². The Morgan fingerprint density at radius 1 is 1.41 bits per heavy atom. The maximum Gasteiger partial charge on any atom is 0.305 e. The van der Waals surface area contributed by atoms with Crippen molar-refractivity contribution < 1.29 is 9.90 Å². The van der Waals surface area contributed by atoms with Gasteiger partial charge in [0.25, 0.3) is 0 Å². The molecule has 1 N–H and O–H groups in total. The zero-order valence-electron chi connectivity index (χ0n) is 8.75. The van der Waals surface area contributed by atoms with Crippen LogP contribution >= 0.6 is 15.9 Å². The fourth-order valence-corrected chi connectivity index (χ4v) is 1.50. The summed E-state index contributed by atoms with van der Waals surface area (Å²) in [6.45, 7) is 0.304. The Bertz CT molecular complexity index is 523. The van der Waals surface area contributed by atoms with E-state index in [0.717, 1.165) is 4.47 Å². The average molecular weight is 297 g/mol. The molecule has 0 amide bonds.